The summed E-state index contributed by atoms with van der Waals surface area (Å²) >= 11 is 3.39. The highest BCUT2D eigenvalue weighted by Gasteiger charge is 2.19. The fourth-order valence-electron chi connectivity index (χ4n) is 1.62. The molecule has 0 aromatic heterocycles. The molecule has 1 aromatic rings. The Kier molecular flexibility index (Phi) is 5.84. The summed E-state index contributed by atoms with van der Waals surface area (Å²) in [4.78, 5) is 20.4. The molecule has 1 unspecified atom stereocenters. The van der Waals surface area contributed by atoms with Gasteiger partial charge in [0.2, 0.25) is 0 Å². The molecule has 104 valence electrons. The second-order valence-corrected chi connectivity index (χ2v) is 5.21. The fraction of sp³-hybridized carbons (Fsp3) is 0.455. The molecule has 0 spiro atoms. The smallest absolute Gasteiger partial charge is 0.279 e. The minimum atomic E-state index is -0.644. The van der Waals surface area contributed by atoms with E-state index in [1.54, 1.807) is 7.11 Å². The molecule has 0 saturated carbocycles. The van der Waals surface area contributed by atoms with Crippen LogP contribution in [0.2, 0.25) is 0 Å². The highest BCUT2D eigenvalue weighted by molar-refractivity contribution is 9.09. The van der Waals surface area contributed by atoms with E-state index < -0.39 is 9.85 Å². The van der Waals surface area contributed by atoms with Crippen LogP contribution in [0.15, 0.2) is 18.2 Å². The van der Waals surface area contributed by atoms with Gasteiger partial charge >= 0.3 is 0 Å². The SMILES string of the molecule is COCC(Br)CCc1ccc([N+](=O)[O-])cc1[N+](=O)[O-]. The summed E-state index contributed by atoms with van der Waals surface area (Å²) in [6.45, 7) is 0.501. The molecule has 0 fully saturated rings. The monoisotopic (exact) mass is 332 g/mol. The van der Waals surface area contributed by atoms with Crippen LogP contribution in [-0.2, 0) is 11.2 Å². The van der Waals surface area contributed by atoms with Crippen LogP contribution in [0, 0.1) is 20.2 Å². The van der Waals surface area contributed by atoms with E-state index in [1.165, 1.54) is 12.1 Å². The lowest BCUT2D eigenvalue weighted by Gasteiger charge is -2.08. The van der Waals surface area contributed by atoms with E-state index in [9.17, 15) is 20.2 Å². The maximum atomic E-state index is 10.9. The van der Waals surface area contributed by atoms with Crippen LogP contribution < -0.4 is 0 Å². The number of nitrogens with zero attached hydrogens (tertiary/aromatic N) is 2. The summed E-state index contributed by atoms with van der Waals surface area (Å²) < 4.78 is 4.95. The van der Waals surface area contributed by atoms with Crippen LogP contribution in [0.4, 0.5) is 11.4 Å². The van der Waals surface area contributed by atoms with Gasteiger partial charge in [-0.3, -0.25) is 20.2 Å². The van der Waals surface area contributed by atoms with E-state index in [2.05, 4.69) is 15.9 Å². The van der Waals surface area contributed by atoms with Gasteiger partial charge in [-0.15, -0.1) is 0 Å². The molecule has 0 heterocycles. The molecule has 0 bridgehead atoms. The van der Waals surface area contributed by atoms with Crippen LogP contribution in [0.25, 0.3) is 0 Å². The molecule has 7 nitrogen and oxygen atoms in total. The first-order chi connectivity index (χ1) is 8.95. The van der Waals surface area contributed by atoms with Gasteiger partial charge in [0.05, 0.1) is 22.5 Å². The quantitative estimate of drug-likeness (QED) is 0.434. The number of hydrogen-bond acceptors (Lipinski definition) is 5. The second kappa shape index (κ2) is 7.15. The second-order valence-electron chi connectivity index (χ2n) is 3.92. The first-order valence-corrected chi connectivity index (χ1v) is 6.42. The van der Waals surface area contributed by atoms with Crippen LogP contribution in [0.1, 0.15) is 12.0 Å². The van der Waals surface area contributed by atoms with E-state index in [1.807, 2.05) is 0 Å². The van der Waals surface area contributed by atoms with Crippen molar-refractivity contribution in [3.63, 3.8) is 0 Å². The molecular formula is C11H13BrN2O5. The Labute approximate surface area is 118 Å². The van der Waals surface area contributed by atoms with Crippen molar-refractivity contribution in [2.24, 2.45) is 0 Å². The highest BCUT2D eigenvalue weighted by atomic mass is 79.9. The lowest BCUT2D eigenvalue weighted by molar-refractivity contribution is -0.394. The van der Waals surface area contributed by atoms with Gasteiger partial charge in [0.1, 0.15) is 0 Å². The lowest BCUT2D eigenvalue weighted by Crippen LogP contribution is -2.08. The number of aryl methyl sites for hydroxylation is 1. The van der Waals surface area contributed by atoms with Gasteiger partial charge in [-0.05, 0) is 18.9 Å². The third-order valence-electron chi connectivity index (χ3n) is 2.55. The molecule has 1 atom stereocenters. The summed E-state index contributed by atoms with van der Waals surface area (Å²) in [5.74, 6) is 0. The van der Waals surface area contributed by atoms with Crippen LogP contribution in [0.5, 0.6) is 0 Å². The van der Waals surface area contributed by atoms with Crippen molar-refractivity contribution in [3.05, 3.63) is 44.0 Å². The molecule has 0 aliphatic rings. The average molecular weight is 333 g/mol. The van der Waals surface area contributed by atoms with Crippen molar-refractivity contribution in [2.75, 3.05) is 13.7 Å². The Morgan fingerprint density at radius 1 is 1.32 bits per heavy atom. The molecule has 0 aliphatic heterocycles. The summed E-state index contributed by atoms with van der Waals surface area (Å²) in [7, 11) is 1.57. The van der Waals surface area contributed by atoms with Crippen LogP contribution in [-0.4, -0.2) is 28.4 Å². The topological polar surface area (TPSA) is 95.5 Å². The highest BCUT2D eigenvalue weighted by Crippen LogP contribution is 2.26. The first-order valence-electron chi connectivity index (χ1n) is 5.50. The van der Waals surface area contributed by atoms with Crippen molar-refractivity contribution in [1.29, 1.82) is 0 Å². The molecule has 8 heteroatoms. The Balaban J connectivity index is 2.88. The van der Waals surface area contributed by atoms with Gasteiger partial charge < -0.3 is 4.74 Å². The van der Waals surface area contributed by atoms with Crippen molar-refractivity contribution < 1.29 is 14.6 Å². The Hall–Kier alpha value is -1.54. The van der Waals surface area contributed by atoms with E-state index in [4.69, 9.17) is 4.74 Å². The Morgan fingerprint density at radius 2 is 2.00 bits per heavy atom. The minimum absolute atomic E-state index is 0.0901. The van der Waals surface area contributed by atoms with Crippen molar-refractivity contribution in [2.45, 2.75) is 17.7 Å². The number of non-ortho nitro benzene ring substituents is 1. The van der Waals surface area contributed by atoms with Crippen LogP contribution >= 0.6 is 15.9 Å². The summed E-state index contributed by atoms with van der Waals surface area (Å²) in [6, 6.07) is 3.71. The summed E-state index contributed by atoms with van der Waals surface area (Å²) in [5.41, 5.74) is -0.00907. The predicted octanol–water partition coefficient (Wildman–Crippen LogP) is 2.85. The normalized spacial score (nSPS) is 12.1. The Bertz CT molecular complexity index is 480. The molecule has 0 amide bonds. The fourth-order valence-corrected chi connectivity index (χ4v) is 2.12. The zero-order valence-electron chi connectivity index (χ0n) is 10.2. The van der Waals surface area contributed by atoms with Gasteiger partial charge in [-0.1, -0.05) is 15.9 Å². The van der Waals surface area contributed by atoms with Crippen LogP contribution in [0.3, 0.4) is 0 Å². The first kappa shape index (κ1) is 15.5. The van der Waals surface area contributed by atoms with Gasteiger partial charge in [-0.2, -0.15) is 0 Å². The molecule has 0 radical (unpaired) electrons. The van der Waals surface area contributed by atoms with Crippen molar-refractivity contribution in [3.8, 4) is 0 Å². The minimum Gasteiger partial charge on any atom is -0.384 e. The largest absolute Gasteiger partial charge is 0.384 e. The molecule has 1 aromatic carbocycles. The zero-order chi connectivity index (χ0) is 14.4. The molecule has 0 N–H and O–H groups in total. The molecule has 0 aliphatic carbocycles. The molecule has 0 saturated heterocycles. The van der Waals surface area contributed by atoms with Crippen molar-refractivity contribution >= 4 is 27.3 Å². The molecular weight excluding hydrogens is 320 g/mol. The van der Waals surface area contributed by atoms with Gasteiger partial charge in [0, 0.05) is 23.6 Å². The molecule has 1 rings (SSSR count). The number of hydrogen-bond donors (Lipinski definition) is 0. The standard InChI is InChI=1S/C11H13BrN2O5/c1-19-7-9(12)4-2-8-3-5-10(13(15)16)6-11(8)14(17)18/h3,5-6,9H,2,4,7H2,1H3. The Morgan fingerprint density at radius 3 is 2.53 bits per heavy atom. The number of methoxy groups -OCH3 is 1. The third-order valence-corrected chi connectivity index (χ3v) is 3.27. The lowest BCUT2D eigenvalue weighted by atomic mass is 10.1. The number of nitro benzene ring substituents is 2. The summed E-state index contributed by atoms with van der Waals surface area (Å²) in [5, 5.41) is 21.5. The number of rotatable bonds is 7. The predicted molar refractivity (Wildman–Crippen MR) is 72.7 cm³/mol. The zero-order valence-corrected chi connectivity index (χ0v) is 11.8. The molecule has 19 heavy (non-hydrogen) atoms. The average Bonchev–Trinajstić information content (AvgIpc) is 2.36. The maximum absolute atomic E-state index is 10.9. The van der Waals surface area contributed by atoms with E-state index in [0.29, 0.717) is 25.0 Å². The van der Waals surface area contributed by atoms with Gasteiger partial charge in [0.25, 0.3) is 11.4 Å². The number of halogens is 1. The van der Waals surface area contributed by atoms with Crippen molar-refractivity contribution in [1.82, 2.24) is 0 Å². The van der Waals surface area contributed by atoms with Gasteiger partial charge in [-0.25, -0.2) is 0 Å². The summed E-state index contributed by atoms with van der Waals surface area (Å²) in [6.07, 6.45) is 1.10. The maximum Gasteiger partial charge on any atom is 0.279 e. The number of benzene rings is 1. The number of nitro groups is 2. The number of alkyl halides is 1. The third kappa shape index (κ3) is 4.56. The van der Waals surface area contributed by atoms with Gasteiger partial charge in [0.15, 0.2) is 0 Å². The van der Waals surface area contributed by atoms with E-state index in [0.717, 1.165) is 6.07 Å². The number of ether oxygens (including phenoxy) is 1. The van der Waals surface area contributed by atoms with E-state index >= 15 is 0 Å². The van der Waals surface area contributed by atoms with E-state index in [-0.39, 0.29) is 16.2 Å².